The Morgan fingerprint density at radius 2 is 1.95 bits per heavy atom. The number of carbonyl (C=O) groups is 2. The first kappa shape index (κ1) is 15.5. The van der Waals surface area contributed by atoms with Gasteiger partial charge >= 0.3 is 0 Å². The van der Waals surface area contributed by atoms with Crippen molar-refractivity contribution in [3.8, 4) is 0 Å². The van der Waals surface area contributed by atoms with Crippen LogP contribution in [0.5, 0.6) is 0 Å². The van der Waals surface area contributed by atoms with Crippen molar-refractivity contribution in [3.05, 3.63) is 29.3 Å². The van der Waals surface area contributed by atoms with E-state index in [-0.39, 0.29) is 17.7 Å². The van der Waals surface area contributed by atoms with E-state index in [1.165, 1.54) is 10.5 Å². The van der Waals surface area contributed by atoms with Crippen LogP contribution in [0.1, 0.15) is 24.0 Å². The summed E-state index contributed by atoms with van der Waals surface area (Å²) in [5, 5.41) is 2.97. The Balaban J connectivity index is 1.84. The number of benzene rings is 1. The van der Waals surface area contributed by atoms with Crippen molar-refractivity contribution in [2.75, 3.05) is 25.0 Å². The first-order valence-corrected chi connectivity index (χ1v) is 7.45. The largest absolute Gasteiger partial charge is 0.369 e. The molecule has 2 amide bonds. The normalized spacial score (nSPS) is 21.8. The van der Waals surface area contributed by atoms with E-state index in [1.54, 1.807) is 0 Å². The van der Waals surface area contributed by atoms with Crippen LogP contribution in [0.4, 0.5) is 5.69 Å². The highest BCUT2D eigenvalue weighted by atomic mass is 16.2. The smallest absolute Gasteiger partial charge is 0.279 e. The average Bonchev–Trinajstić information content (AvgIpc) is 2.42. The highest BCUT2D eigenvalue weighted by Crippen LogP contribution is 2.15. The van der Waals surface area contributed by atoms with Gasteiger partial charge in [0.25, 0.3) is 5.91 Å². The molecular weight excluding hydrogens is 266 g/mol. The summed E-state index contributed by atoms with van der Waals surface area (Å²) in [5.74, 6) is -0.209. The van der Waals surface area contributed by atoms with Gasteiger partial charge in [-0.05, 0) is 25.5 Å². The number of rotatable bonds is 4. The molecule has 0 spiro atoms. The lowest BCUT2D eigenvalue weighted by Gasteiger charge is -2.27. The van der Waals surface area contributed by atoms with E-state index in [0.717, 1.165) is 37.2 Å². The summed E-state index contributed by atoms with van der Waals surface area (Å²) < 4.78 is 0. The predicted molar refractivity (Wildman–Crippen MR) is 82.0 cm³/mol. The molecule has 0 aromatic heterocycles. The number of carbonyl (C=O) groups excluding carboxylic acids is 2. The minimum atomic E-state index is -0.214. The number of amides is 2. The highest BCUT2D eigenvalue weighted by Gasteiger charge is 2.27. The van der Waals surface area contributed by atoms with Crippen molar-refractivity contribution in [2.24, 2.45) is 11.7 Å². The third-order valence-electron chi connectivity index (χ3n) is 4.16. The Bertz CT molecular complexity index is 534. The van der Waals surface area contributed by atoms with E-state index < -0.39 is 0 Å². The van der Waals surface area contributed by atoms with Crippen LogP contribution in [0, 0.1) is 19.8 Å². The highest BCUT2D eigenvalue weighted by molar-refractivity contribution is 5.92. The van der Waals surface area contributed by atoms with E-state index in [9.17, 15) is 9.59 Å². The molecule has 4 N–H and O–H groups in total. The summed E-state index contributed by atoms with van der Waals surface area (Å²) in [6.07, 6.45) is 1.56. The second-order valence-corrected chi connectivity index (χ2v) is 5.97. The number of quaternary nitrogens is 1. The maximum atomic E-state index is 12.1. The number of hydrogen-bond acceptors (Lipinski definition) is 2. The summed E-state index contributed by atoms with van der Waals surface area (Å²) >= 11 is 0. The zero-order valence-corrected chi connectivity index (χ0v) is 12.7. The molecule has 5 heteroatoms. The van der Waals surface area contributed by atoms with E-state index in [4.69, 9.17) is 5.73 Å². The SMILES string of the molecule is Cc1ccc(NC(=O)C[NH+]2CCC(C(N)=O)CC2)c(C)c1. The minimum absolute atomic E-state index is 0.0174. The fourth-order valence-corrected chi connectivity index (χ4v) is 2.86. The van der Waals surface area contributed by atoms with Crippen molar-refractivity contribution in [1.82, 2.24) is 0 Å². The van der Waals surface area contributed by atoms with Gasteiger partial charge in [0.05, 0.1) is 13.1 Å². The summed E-state index contributed by atoms with van der Waals surface area (Å²) in [6.45, 7) is 6.13. The second-order valence-electron chi connectivity index (χ2n) is 5.97. The molecule has 0 saturated carbocycles. The molecule has 0 bridgehead atoms. The molecule has 1 fully saturated rings. The molecule has 0 unspecified atom stereocenters. The fourth-order valence-electron chi connectivity index (χ4n) is 2.86. The Morgan fingerprint density at radius 1 is 1.29 bits per heavy atom. The molecule has 0 radical (unpaired) electrons. The second kappa shape index (κ2) is 6.72. The van der Waals surface area contributed by atoms with Gasteiger partial charge in [-0.2, -0.15) is 0 Å². The number of piperidine rings is 1. The van der Waals surface area contributed by atoms with E-state index >= 15 is 0 Å². The third-order valence-corrected chi connectivity index (χ3v) is 4.16. The van der Waals surface area contributed by atoms with Gasteiger partial charge in [0, 0.05) is 24.4 Å². The van der Waals surface area contributed by atoms with Crippen LogP contribution in [0.2, 0.25) is 0 Å². The summed E-state index contributed by atoms with van der Waals surface area (Å²) in [4.78, 5) is 24.5. The van der Waals surface area contributed by atoms with Crippen LogP contribution in [0.15, 0.2) is 18.2 Å². The van der Waals surface area contributed by atoms with Gasteiger partial charge in [-0.15, -0.1) is 0 Å². The number of hydrogen-bond donors (Lipinski definition) is 3. The molecule has 1 heterocycles. The van der Waals surface area contributed by atoms with Crippen molar-refractivity contribution in [3.63, 3.8) is 0 Å². The first-order chi connectivity index (χ1) is 9.95. The summed E-state index contributed by atoms with van der Waals surface area (Å²) in [7, 11) is 0. The number of anilines is 1. The van der Waals surface area contributed by atoms with E-state index in [1.807, 2.05) is 26.0 Å². The Morgan fingerprint density at radius 3 is 2.52 bits per heavy atom. The van der Waals surface area contributed by atoms with E-state index in [2.05, 4.69) is 11.4 Å². The molecule has 0 aliphatic carbocycles. The van der Waals surface area contributed by atoms with Crippen LogP contribution in [-0.2, 0) is 9.59 Å². The quantitative estimate of drug-likeness (QED) is 0.731. The fraction of sp³-hybridized carbons (Fsp3) is 0.500. The third kappa shape index (κ3) is 4.29. The van der Waals surface area contributed by atoms with Crippen molar-refractivity contribution >= 4 is 17.5 Å². The Labute approximate surface area is 125 Å². The Kier molecular flexibility index (Phi) is 4.96. The lowest BCUT2D eigenvalue weighted by Crippen LogP contribution is -3.14. The minimum Gasteiger partial charge on any atom is -0.369 e. The van der Waals surface area contributed by atoms with Crippen LogP contribution in [0.25, 0.3) is 0 Å². The Hall–Kier alpha value is -1.88. The zero-order valence-electron chi connectivity index (χ0n) is 12.7. The number of aryl methyl sites for hydroxylation is 2. The average molecular weight is 290 g/mol. The maximum absolute atomic E-state index is 12.1. The molecule has 114 valence electrons. The maximum Gasteiger partial charge on any atom is 0.279 e. The molecule has 1 aliphatic rings. The van der Waals surface area contributed by atoms with Gasteiger partial charge in [0.15, 0.2) is 6.54 Å². The van der Waals surface area contributed by atoms with Gasteiger partial charge in [0.2, 0.25) is 5.91 Å². The number of likely N-dealkylation sites (tertiary alicyclic amines) is 1. The van der Waals surface area contributed by atoms with Gasteiger partial charge in [-0.3, -0.25) is 9.59 Å². The molecule has 1 saturated heterocycles. The van der Waals surface area contributed by atoms with Crippen LogP contribution in [-0.4, -0.2) is 31.4 Å². The molecule has 1 aliphatic heterocycles. The molecule has 21 heavy (non-hydrogen) atoms. The van der Waals surface area contributed by atoms with Gasteiger partial charge in [-0.25, -0.2) is 0 Å². The van der Waals surface area contributed by atoms with Crippen LogP contribution in [0.3, 0.4) is 0 Å². The van der Waals surface area contributed by atoms with Crippen molar-refractivity contribution in [2.45, 2.75) is 26.7 Å². The summed E-state index contributed by atoms with van der Waals surface area (Å²) in [6, 6.07) is 5.99. The first-order valence-electron chi connectivity index (χ1n) is 7.45. The topological polar surface area (TPSA) is 76.6 Å². The van der Waals surface area contributed by atoms with Crippen LogP contribution >= 0.6 is 0 Å². The lowest BCUT2D eigenvalue weighted by molar-refractivity contribution is -0.897. The van der Waals surface area contributed by atoms with Gasteiger partial charge in [0.1, 0.15) is 0 Å². The zero-order chi connectivity index (χ0) is 15.4. The molecule has 1 aromatic rings. The summed E-state index contributed by atoms with van der Waals surface area (Å²) in [5.41, 5.74) is 8.45. The van der Waals surface area contributed by atoms with E-state index in [0.29, 0.717) is 6.54 Å². The molecular formula is C16H24N3O2+. The molecule has 0 atom stereocenters. The van der Waals surface area contributed by atoms with Crippen molar-refractivity contribution in [1.29, 1.82) is 0 Å². The number of primary amides is 1. The molecule has 5 nitrogen and oxygen atoms in total. The predicted octanol–water partition coefficient (Wildman–Crippen LogP) is 0.0221. The number of nitrogens with two attached hydrogens (primary N) is 1. The molecule has 1 aromatic carbocycles. The lowest BCUT2D eigenvalue weighted by atomic mass is 9.96. The molecule has 2 rings (SSSR count). The van der Waals surface area contributed by atoms with Crippen LogP contribution < -0.4 is 16.0 Å². The van der Waals surface area contributed by atoms with Crippen molar-refractivity contribution < 1.29 is 14.5 Å². The number of nitrogens with one attached hydrogen (secondary N) is 2. The van der Waals surface area contributed by atoms with Gasteiger partial charge in [-0.1, -0.05) is 17.7 Å². The standard InChI is InChI=1S/C16H23N3O2/c1-11-3-4-14(12(2)9-11)18-15(20)10-19-7-5-13(6-8-19)16(17)21/h3-4,9,13H,5-8,10H2,1-2H3,(H2,17,21)(H,18,20)/p+1. The monoisotopic (exact) mass is 290 g/mol. The van der Waals surface area contributed by atoms with Gasteiger partial charge < -0.3 is 16.0 Å².